The molecule has 0 aliphatic carbocycles. The summed E-state index contributed by atoms with van der Waals surface area (Å²) in [5.41, 5.74) is 2.28. The molecule has 1 nitrogen and oxygen atoms in total. The normalized spacial score (nSPS) is 9.93. The van der Waals surface area contributed by atoms with Crippen LogP contribution in [0.5, 0.6) is 0 Å². The average Bonchev–Trinajstić information content (AvgIpc) is 2.22. The molecule has 0 aromatic heterocycles. The van der Waals surface area contributed by atoms with Crippen LogP contribution < -0.4 is 0 Å². The van der Waals surface area contributed by atoms with E-state index in [0.717, 1.165) is 18.4 Å². The van der Waals surface area contributed by atoms with E-state index in [1.807, 2.05) is 0 Å². The predicted molar refractivity (Wildman–Crippen MR) is 58.1 cm³/mol. The minimum Gasteiger partial charge on any atom is -0.289 e. The third-order valence-electron chi connectivity index (χ3n) is 2.21. The molecule has 1 rings (SSSR count). The van der Waals surface area contributed by atoms with Crippen molar-refractivity contribution in [1.29, 1.82) is 0 Å². The number of aliphatic imine (C=N–C) groups is 1. The van der Waals surface area contributed by atoms with Crippen molar-refractivity contribution in [3.63, 3.8) is 0 Å². The SMILES string of the molecule is CCC(CC)=NCc1ccc(F)cc1. The second-order valence-electron chi connectivity index (χ2n) is 3.22. The number of hydrogen-bond donors (Lipinski definition) is 0. The number of nitrogens with zero attached hydrogens (tertiary/aromatic N) is 1. The zero-order valence-corrected chi connectivity index (χ0v) is 8.76. The van der Waals surface area contributed by atoms with Gasteiger partial charge >= 0.3 is 0 Å². The van der Waals surface area contributed by atoms with E-state index in [-0.39, 0.29) is 5.82 Å². The zero-order chi connectivity index (χ0) is 10.4. The molecule has 0 saturated heterocycles. The maximum atomic E-state index is 12.6. The van der Waals surface area contributed by atoms with Crippen LogP contribution in [0.4, 0.5) is 4.39 Å². The van der Waals surface area contributed by atoms with Crippen molar-refractivity contribution in [1.82, 2.24) is 0 Å². The summed E-state index contributed by atoms with van der Waals surface area (Å²) < 4.78 is 12.6. The molecule has 0 unspecified atom stereocenters. The highest BCUT2D eigenvalue weighted by Crippen LogP contribution is 2.05. The predicted octanol–water partition coefficient (Wildman–Crippen LogP) is 3.59. The van der Waals surface area contributed by atoms with Crippen LogP contribution in [0.15, 0.2) is 29.3 Å². The molecule has 0 heterocycles. The Labute approximate surface area is 84.7 Å². The molecule has 1 aromatic rings. The van der Waals surface area contributed by atoms with Crippen LogP contribution in [-0.2, 0) is 6.54 Å². The van der Waals surface area contributed by atoms with Crippen LogP contribution in [-0.4, -0.2) is 5.71 Å². The van der Waals surface area contributed by atoms with E-state index in [2.05, 4.69) is 18.8 Å². The monoisotopic (exact) mass is 193 g/mol. The number of rotatable bonds is 4. The number of hydrogen-bond acceptors (Lipinski definition) is 1. The third kappa shape index (κ3) is 3.29. The van der Waals surface area contributed by atoms with Crippen LogP contribution in [0.1, 0.15) is 32.3 Å². The Balaban J connectivity index is 2.60. The third-order valence-corrected chi connectivity index (χ3v) is 2.21. The summed E-state index contributed by atoms with van der Waals surface area (Å²) in [5, 5.41) is 0. The fourth-order valence-corrected chi connectivity index (χ4v) is 1.27. The molecule has 0 aliphatic heterocycles. The molecule has 0 aliphatic rings. The van der Waals surface area contributed by atoms with Crippen molar-refractivity contribution in [2.45, 2.75) is 33.2 Å². The smallest absolute Gasteiger partial charge is 0.123 e. The quantitative estimate of drug-likeness (QED) is 0.648. The van der Waals surface area contributed by atoms with E-state index >= 15 is 0 Å². The molecule has 2 heteroatoms. The van der Waals surface area contributed by atoms with Gasteiger partial charge in [-0.3, -0.25) is 4.99 Å². The lowest BCUT2D eigenvalue weighted by Gasteiger charge is -2.00. The number of benzene rings is 1. The standard InChI is InChI=1S/C12H16FN/c1-3-12(4-2)14-9-10-5-7-11(13)8-6-10/h5-8H,3-4,9H2,1-2H3. The summed E-state index contributed by atoms with van der Waals surface area (Å²) in [6.07, 6.45) is 2.00. The van der Waals surface area contributed by atoms with Crippen molar-refractivity contribution in [3.8, 4) is 0 Å². The molecule has 0 amide bonds. The highest BCUT2D eigenvalue weighted by molar-refractivity contribution is 5.83. The van der Waals surface area contributed by atoms with Gasteiger partial charge in [-0.25, -0.2) is 4.39 Å². The van der Waals surface area contributed by atoms with Gasteiger partial charge in [-0.1, -0.05) is 26.0 Å². The Bertz CT molecular complexity index is 295. The first-order chi connectivity index (χ1) is 6.76. The lowest BCUT2D eigenvalue weighted by Crippen LogP contribution is -1.94. The molecule has 0 saturated carbocycles. The van der Waals surface area contributed by atoms with E-state index in [4.69, 9.17) is 0 Å². The minimum atomic E-state index is -0.191. The van der Waals surface area contributed by atoms with Crippen molar-refractivity contribution in [2.75, 3.05) is 0 Å². The van der Waals surface area contributed by atoms with Gasteiger partial charge in [0.2, 0.25) is 0 Å². The highest BCUT2D eigenvalue weighted by Gasteiger charge is 1.94. The van der Waals surface area contributed by atoms with Gasteiger partial charge in [-0.15, -0.1) is 0 Å². The zero-order valence-electron chi connectivity index (χ0n) is 8.76. The van der Waals surface area contributed by atoms with E-state index in [1.54, 1.807) is 12.1 Å². The topological polar surface area (TPSA) is 12.4 Å². The first kappa shape index (κ1) is 10.9. The van der Waals surface area contributed by atoms with Gasteiger partial charge < -0.3 is 0 Å². The van der Waals surface area contributed by atoms with Crippen LogP contribution >= 0.6 is 0 Å². The van der Waals surface area contributed by atoms with E-state index in [9.17, 15) is 4.39 Å². The molecule has 0 N–H and O–H groups in total. The van der Waals surface area contributed by atoms with Gasteiger partial charge in [0, 0.05) is 5.71 Å². The molecular formula is C12H16FN. The Morgan fingerprint density at radius 2 is 1.71 bits per heavy atom. The lowest BCUT2D eigenvalue weighted by molar-refractivity contribution is 0.627. The summed E-state index contributed by atoms with van der Waals surface area (Å²) in [4.78, 5) is 4.45. The maximum absolute atomic E-state index is 12.6. The van der Waals surface area contributed by atoms with Crippen molar-refractivity contribution >= 4 is 5.71 Å². The summed E-state index contributed by atoms with van der Waals surface area (Å²) in [5.74, 6) is -0.191. The van der Waals surface area contributed by atoms with Gasteiger partial charge in [-0.2, -0.15) is 0 Å². The van der Waals surface area contributed by atoms with Crippen LogP contribution in [0.3, 0.4) is 0 Å². The van der Waals surface area contributed by atoms with E-state index in [0.29, 0.717) is 6.54 Å². The fourth-order valence-electron chi connectivity index (χ4n) is 1.27. The van der Waals surface area contributed by atoms with Crippen LogP contribution in [0.25, 0.3) is 0 Å². The highest BCUT2D eigenvalue weighted by atomic mass is 19.1. The van der Waals surface area contributed by atoms with E-state index in [1.165, 1.54) is 17.8 Å². The van der Waals surface area contributed by atoms with E-state index < -0.39 is 0 Å². The molecule has 0 radical (unpaired) electrons. The summed E-state index contributed by atoms with van der Waals surface area (Å²) in [6.45, 7) is 4.87. The van der Waals surface area contributed by atoms with Crippen molar-refractivity contribution < 1.29 is 4.39 Å². The molecule has 1 aromatic carbocycles. The van der Waals surface area contributed by atoms with Gasteiger partial charge in [0.05, 0.1) is 6.54 Å². The fraction of sp³-hybridized carbons (Fsp3) is 0.417. The van der Waals surface area contributed by atoms with Crippen LogP contribution in [0, 0.1) is 5.82 Å². The molecule has 0 fully saturated rings. The Morgan fingerprint density at radius 3 is 2.21 bits per heavy atom. The molecule has 76 valence electrons. The van der Waals surface area contributed by atoms with Gasteiger partial charge in [-0.05, 0) is 30.5 Å². The lowest BCUT2D eigenvalue weighted by atomic mass is 10.2. The first-order valence-corrected chi connectivity index (χ1v) is 5.03. The summed E-state index contributed by atoms with van der Waals surface area (Å²) in [6, 6.07) is 6.51. The average molecular weight is 193 g/mol. The molecule has 0 atom stereocenters. The minimum absolute atomic E-state index is 0.191. The second-order valence-corrected chi connectivity index (χ2v) is 3.22. The van der Waals surface area contributed by atoms with Crippen LogP contribution in [0.2, 0.25) is 0 Å². The Hall–Kier alpha value is -1.18. The summed E-state index contributed by atoms with van der Waals surface area (Å²) >= 11 is 0. The largest absolute Gasteiger partial charge is 0.289 e. The van der Waals surface area contributed by atoms with Crippen molar-refractivity contribution in [2.24, 2.45) is 4.99 Å². The molecule has 0 spiro atoms. The van der Waals surface area contributed by atoms with Crippen molar-refractivity contribution in [3.05, 3.63) is 35.6 Å². The van der Waals surface area contributed by atoms with Gasteiger partial charge in [0.1, 0.15) is 5.82 Å². The second kappa shape index (κ2) is 5.53. The van der Waals surface area contributed by atoms with Gasteiger partial charge in [0.15, 0.2) is 0 Å². The molecular weight excluding hydrogens is 177 g/mol. The molecule has 14 heavy (non-hydrogen) atoms. The summed E-state index contributed by atoms with van der Waals surface area (Å²) in [7, 11) is 0. The Kier molecular flexibility index (Phi) is 4.30. The number of halogens is 1. The Morgan fingerprint density at radius 1 is 1.14 bits per heavy atom. The first-order valence-electron chi connectivity index (χ1n) is 5.03. The maximum Gasteiger partial charge on any atom is 0.123 e. The molecule has 0 bridgehead atoms. The van der Waals surface area contributed by atoms with Gasteiger partial charge in [0.25, 0.3) is 0 Å².